The number of pyridine rings is 1. The topological polar surface area (TPSA) is 88.9 Å². The highest BCUT2D eigenvalue weighted by Crippen LogP contribution is 2.32. The molecule has 0 unspecified atom stereocenters. The first-order valence-electron chi connectivity index (χ1n) is 13.0. The summed E-state index contributed by atoms with van der Waals surface area (Å²) in [6.07, 6.45) is 7.05. The van der Waals surface area contributed by atoms with E-state index in [0.29, 0.717) is 13.1 Å². The summed E-state index contributed by atoms with van der Waals surface area (Å²) < 4.78 is 24.9. The third-order valence-electron chi connectivity index (χ3n) is 6.74. The molecule has 0 saturated heterocycles. The van der Waals surface area contributed by atoms with Crippen LogP contribution in [0.3, 0.4) is 0 Å². The molecule has 0 fully saturated rings. The van der Waals surface area contributed by atoms with Crippen molar-refractivity contribution in [1.29, 1.82) is 0 Å². The quantitative estimate of drug-likeness (QED) is 0.191. The smallest absolute Gasteiger partial charge is 0.148 e. The molecule has 6 aromatic rings. The SMILES string of the molecule is CS(=O)(=O)CCNCc1cnc(-c2ccc3c(Nc4ccc5c(ccn5Cc5ccccc5)c4)ccnc3c2)s1. The second kappa shape index (κ2) is 11.2. The molecule has 3 aromatic heterocycles. The molecule has 3 aromatic carbocycles. The largest absolute Gasteiger partial charge is 0.355 e. The van der Waals surface area contributed by atoms with Gasteiger partial charge in [0.05, 0.1) is 11.3 Å². The number of sulfone groups is 1. The van der Waals surface area contributed by atoms with E-state index in [0.717, 1.165) is 44.3 Å². The normalized spacial score (nSPS) is 11.8. The summed E-state index contributed by atoms with van der Waals surface area (Å²) in [5.41, 5.74) is 6.39. The van der Waals surface area contributed by atoms with Crippen LogP contribution >= 0.6 is 11.3 Å². The lowest BCUT2D eigenvalue weighted by Gasteiger charge is -2.11. The minimum absolute atomic E-state index is 0.125. The van der Waals surface area contributed by atoms with Gasteiger partial charge in [0, 0.05) is 82.6 Å². The van der Waals surface area contributed by atoms with Crippen LogP contribution in [0.5, 0.6) is 0 Å². The van der Waals surface area contributed by atoms with E-state index in [1.165, 1.54) is 22.7 Å². The zero-order valence-electron chi connectivity index (χ0n) is 22.0. The van der Waals surface area contributed by atoms with Crippen LogP contribution in [0.4, 0.5) is 11.4 Å². The molecule has 3 heterocycles. The monoisotopic (exact) mass is 567 g/mol. The highest BCUT2D eigenvalue weighted by Gasteiger charge is 2.10. The molecule has 6 rings (SSSR count). The van der Waals surface area contributed by atoms with Crippen molar-refractivity contribution < 1.29 is 8.42 Å². The summed E-state index contributed by atoms with van der Waals surface area (Å²) in [5.74, 6) is 0.125. The van der Waals surface area contributed by atoms with Crippen molar-refractivity contribution in [3.63, 3.8) is 0 Å². The van der Waals surface area contributed by atoms with Crippen molar-refractivity contribution in [2.45, 2.75) is 13.1 Å². The average molecular weight is 568 g/mol. The Morgan fingerprint density at radius 1 is 0.950 bits per heavy atom. The van der Waals surface area contributed by atoms with Gasteiger partial charge in [-0.05, 0) is 42.0 Å². The zero-order valence-corrected chi connectivity index (χ0v) is 23.7. The van der Waals surface area contributed by atoms with E-state index in [1.54, 1.807) is 11.3 Å². The second-order valence-electron chi connectivity index (χ2n) is 9.86. The zero-order chi connectivity index (χ0) is 27.5. The Morgan fingerprint density at radius 2 is 1.82 bits per heavy atom. The highest BCUT2D eigenvalue weighted by atomic mass is 32.2. The molecule has 0 amide bonds. The number of hydrogen-bond donors (Lipinski definition) is 2. The van der Waals surface area contributed by atoms with E-state index in [2.05, 4.69) is 98.1 Å². The molecule has 0 aliphatic rings. The van der Waals surface area contributed by atoms with Gasteiger partial charge in [0.15, 0.2) is 0 Å². The molecule has 202 valence electrons. The number of rotatable bonds is 10. The Bertz CT molecular complexity index is 1900. The van der Waals surface area contributed by atoms with Crippen LogP contribution in [-0.2, 0) is 22.9 Å². The molecule has 2 N–H and O–H groups in total. The molecule has 0 aliphatic heterocycles. The Morgan fingerprint density at radius 3 is 2.67 bits per heavy atom. The van der Waals surface area contributed by atoms with Crippen molar-refractivity contribution in [3.8, 4) is 10.6 Å². The second-order valence-corrected chi connectivity index (χ2v) is 13.2. The van der Waals surface area contributed by atoms with Gasteiger partial charge in [-0.3, -0.25) is 4.98 Å². The number of nitrogens with one attached hydrogen (secondary N) is 2. The van der Waals surface area contributed by atoms with Crippen LogP contribution in [0, 0.1) is 0 Å². The number of thiazole rings is 1. The maximum absolute atomic E-state index is 11.3. The predicted octanol–water partition coefficient (Wildman–Crippen LogP) is 6.24. The van der Waals surface area contributed by atoms with Crippen LogP contribution in [-0.4, -0.2) is 41.5 Å². The van der Waals surface area contributed by atoms with Gasteiger partial charge in [0.2, 0.25) is 0 Å². The fraction of sp³-hybridized carbons (Fsp3) is 0.161. The van der Waals surface area contributed by atoms with Gasteiger partial charge in [-0.1, -0.05) is 42.5 Å². The summed E-state index contributed by atoms with van der Waals surface area (Å²) >= 11 is 1.59. The van der Waals surface area contributed by atoms with Crippen molar-refractivity contribution in [1.82, 2.24) is 19.9 Å². The standard InChI is InChI=1S/C31H29N5O2S2/c1-40(37,38)16-14-32-19-26-20-34-31(39-26)24-7-9-27-28(11-13-33-29(27)18-24)35-25-8-10-30-23(17-25)12-15-36(30)21-22-5-3-2-4-6-22/h2-13,15,17-18,20,32H,14,16,19,21H2,1H3,(H,33,35). The van der Waals surface area contributed by atoms with Gasteiger partial charge in [-0.25, -0.2) is 13.4 Å². The molecule has 0 aliphatic carbocycles. The Balaban J connectivity index is 1.17. The van der Waals surface area contributed by atoms with Crippen LogP contribution in [0.25, 0.3) is 32.4 Å². The van der Waals surface area contributed by atoms with Gasteiger partial charge < -0.3 is 15.2 Å². The molecular weight excluding hydrogens is 539 g/mol. The van der Waals surface area contributed by atoms with E-state index in [1.807, 2.05) is 24.5 Å². The molecular formula is C31H29N5O2S2. The molecule has 7 nitrogen and oxygen atoms in total. The molecule has 9 heteroatoms. The van der Waals surface area contributed by atoms with Crippen molar-refractivity contribution in [2.24, 2.45) is 0 Å². The minimum Gasteiger partial charge on any atom is -0.355 e. The first-order valence-corrected chi connectivity index (χ1v) is 15.9. The number of hydrogen-bond acceptors (Lipinski definition) is 7. The average Bonchev–Trinajstić information content (AvgIpc) is 3.58. The lowest BCUT2D eigenvalue weighted by atomic mass is 10.1. The van der Waals surface area contributed by atoms with Gasteiger partial charge in [-0.2, -0.15) is 0 Å². The molecule has 40 heavy (non-hydrogen) atoms. The van der Waals surface area contributed by atoms with E-state index in [9.17, 15) is 8.42 Å². The molecule has 0 spiro atoms. The summed E-state index contributed by atoms with van der Waals surface area (Å²) in [5, 5.41) is 9.89. The molecule has 0 radical (unpaired) electrons. The number of anilines is 2. The molecule has 0 atom stereocenters. The van der Waals surface area contributed by atoms with Crippen molar-refractivity contribution in [2.75, 3.05) is 23.9 Å². The summed E-state index contributed by atoms with van der Waals surface area (Å²) in [6.45, 7) is 1.86. The number of benzene rings is 3. The Labute approximate surface area is 237 Å². The van der Waals surface area contributed by atoms with Gasteiger partial charge >= 0.3 is 0 Å². The lowest BCUT2D eigenvalue weighted by Crippen LogP contribution is -2.21. The number of aromatic nitrogens is 3. The maximum Gasteiger partial charge on any atom is 0.148 e. The van der Waals surface area contributed by atoms with Crippen LogP contribution < -0.4 is 10.6 Å². The minimum atomic E-state index is -2.97. The van der Waals surface area contributed by atoms with Crippen LogP contribution in [0.2, 0.25) is 0 Å². The third kappa shape index (κ3) is 6.07. The fourth-order valence-electron chi connectivity index (χ4n) is 4.73. The Hall–Kier alpha value is -4.05. The van der Waals surface area contributed by atoms with Gasteiger partial charge in [0.1, 0.15) is 14.8 Å². The van der Waals surface area contributed by atoms with E-state index >= 15 is 0 Å². The van der Waals surface area contributed by atoms with E-state index in [-0.39, 0.29) is 5.75 Å². The number of fused-ring (bicyclic) bond motifs is 2. The number of nitrogens with zero attached hydrogens (tertiary/aromatic N) is 3. The molecule has 0 bridgehead atoms. The lowest BCUT2D eigenvalue weighted by molar-refractivity contribution is 0.596. The summed E-state index contributed by atoms with van der Waals surface area (Å²) in [4.78, 5) is 10.3. The third-order valence-corrected chi connectivity index (χ3v) is 8.73. The fourth-order valence-corrected chi connectivity index (χ4v) is 6.13. The van der Waals surface area contributed by atoms with Crippen molar-refractivity contribution >= 4 is 54.4 Å². The summed E-state index contributed by atoms with van der Waals surface area (Å²) in [7, 11) is -2.97. The van der Waals surface area contributed by atoms with Gasteiger partial charge in [-0.15, -0.1) is 11.3 Å². The van der Waals surface area contributed by atoms with Crippen LogP contribution in [0.15, 0.2) is 97.5 Å². The maximum atomic E-state index is 11.3. The van der Waals surface area contributed by atoms with Gasteiger partial charge in [0.25, 0.3) is 0 Å². The summed E-state index contributed by atoms with van der Waals surface area (Å²) in [6, 6.07) is 27.3. The van der Waals surface area contributed by atoms with E-state index < -0.39 is 9.84 Å². The predicted molar refractivity (Wildman–Crippen MR) is 165 cm³/mol. The molecule has 0 saturated carbocycles. The highest BCUT2D eigenvalue weighted by molar-refractivity contribution is 7.90. The first kappa shape index (κ1) is 26.2. The van der Waals surface area contributed by atoms with Crippen molar-refractivity contribution in [3.05, 3.63) is 108 Å². The van der Waals surface area contributed by atoms with Crippen LogP contribution in [0.1, 0.15) is 10.4 Å². The first-order chi connectivity index (χ1) is 19.4. The Kier molecular flexibility index (Phi) is 7.34. The van der Waals surface area contributed by atoms with E-state index in [4.69, 9.17) is 0 Å².